The Kier molecular flexibility index (Phi) is 7.49. The maximum absolute atomic E-state index is 11.4. The maximum atomic E-state index is 11.4. The predicted molar refractivity (Wildman–Crippen MR) is 56.7 cm³/mol. The molecule has 94 valence electrons. The Morgan fingerprint density at radius 2 is 1.50 bits per heavy atom. The predicted octanol–water partition coefficient (Wildman–Crippen LogP) is -0.155. The van der Waals surface area contributed by atoms with Crippen LogP contribution in [0.1, 0.15) is 20.8 Å². The van der Waals surface area contributed by atoms with E-state index < -0.39 is 24.1 Å². The first-order chi connectivity index (χ1) is 7.58. The van der Waals surface area contributed by atoms with Crippen LogP contribution in [0, 0.1) is 0 Å². The van der Waals surface area contributed by atoms with Crippen LogP contribution in [0.5, 0.6) is 0 Å². The first-order valence-electron chi connectivity index (χ1n) is 5.28. The van der Waals surface area contributed by atoms with E-state index in [-0.39, 0.29) is 19.8 Å². The molecule has 0 radical (unpaired) electrons. The number of esters is 2. The van der Waals surface area contributed by atoms with E-state index in [4.69, 9.17) is 19.9 Å². The highest BCUT2D eigenvalue weighted by atomic mass is 16.6. The van der Waals surface area contributed by atoms with Gasteiger partial charge in [0.2, 0.25) is 0 Å². The van der Waals surface area contributed by atoms with Crippen molar-refractivity contribution in [3.8, 4) is 0 Å². The standard InChI is InChI=1S/C10H19NO5/c1-4-14-8(10(13)16-6-3)7(11)9(12)15-5-2/h7-8H,4-6,11H2,1-3H3/t7-,8-/m0/s1. The summed E-state index contributed by atoms with van der Waals surface area (Å²) in [6.45, 7) is 5.69. The highest BCUT2D eigenvalue weighted by molar-refractivity contribution is 5.86. The summed E-state index contributed by atoms with van der Waals surface area (Å²) in [4.78, 5) is 22.8. The number of nitrogens with two attached hydrogens (primary N) is 1. The summed E-state index contributed by atoms with van der Waals surface area (Å²) in [5.74, 6) is -1.32. The van der Waals surface area contributed by atoms with Crippen molar-refractivity contribution in [3.63, 3.8) is 0 Å². The molecule has 0 amide bonds. The Labute approximate surface area is 95.0 Å². The lowest BCUT2D eigenvalue weighted by Gasteiger charge is -2.20. The number of carbonyl (C=O) groups is 2. The summed E-state index contributed by atoms with van der Waals surface area (Å²) >= 11 is 0. The molecule has 0 aliphatic carbocycles. The molecule has 0 bridgehead atoms. The lowest BCUT2D eigenvalue weighted by Crippen LogP contribution is -2.49. The van der Waals surface area contributed by atoms with Crippen molar-refractivity contribution < 1.29 is 23.8 Å². The van der Waals surface area contributed by atoms with Crippen LogP contribution in [0.15, 0.2) is 0 Å². The second-order valence-electron chi connectivity index (χ2n) is 2.91. The van der Waals surface area contributed by atoms with Gasteiger partial charge in [-0.25, -0.2) is 4.79 Å². The molecule has 0 aromatic rings. The molecule has 0 saturated heterocycles. The number of ether oxygens (including phenoxy) is 3. The third-order valence-electron chi connectivity index (χ3n) is 1.75. The van der Waals surface area contributed by atoms with E-state index >= 15 is 0 Å². The molecule has 2 atom stereocenters. The van der Waals surface area contributed by atoms with Crippen LogP contribution >= 0.6 is 0 Å². The maximum Gasteiger partial charge on any atom is 0.337 e. The van der Waals surface area contributed by atoms with E-state index in [0.717, 1.165) is 0 Å². The summed E-state index contributed by atoms with van der Waals surface area (Å²) in [6.07, 6.45) is -1.11. The topological polar surface area (TPSA) is 87.9 Å². The van der Waals surface area contributed by atoms with E-state index in [2.05, 4.69) is 0 Å². The molecule has 6 heteroatoms. The third kappa shape index (κ3) is 4.59. The molecule has 2 N–H and O–H groups in total. The summed E-state index contributed by atoms with van der Waals surface area (Å²) in [7, 11) is 0. The highest BCUT2D eigenvalue weighted by Crippen LogP contribution is 2.03. The number of hydrogen-bond acceptors (Lipinski definition) is 6. The Hall–Kier alpha value is -1.14. The van der Waals surface area contributed by atoms with Crippen LogP contribution in [-0.4, -0.2) is 43.9 Å². The lowest BCUT2D eigenvalue weighted by molar-refractivity contribution is -0.165. The van der Waals surface area contributed by atoms with Gasteiger partial charge in [-0.2, -0.15) is 0 Å². The van der Waals surface area contributed by atoms with Crippen molar-refractivity contribution in [1.82, 2.24) is 0 Å². The second kappa shape index (κ2) is 8.06. The van der Waals surface area contributed by atoms with Crippen molar-refractivity contribution in [3.05, 3.63) is 0 Å². The van der Waals surface area contributed by atoms with Gasteiger partial charge in [0.1, 0.15) is 6.04 Å². The molecule has 16 heavy (non-hydrogen) atoms. The average Bonchev–Trinajstić information content (AvgIpc) is 2.25. The summed E-state index contributed by atoms with van der Waals surface area (Å²) in [6, 6.07) is -1.15. The van der Waals surface area contributed by atoms with Crippen molar-refractivity contribution in [2.24, 2.45) is 5.73 Å². The van der Waals surface area contributed by atoms with E-state index in [9.17, 15) is 9.59 Å². The van der Waals surface area contributed by atoms with Gasteiger partial charge in [0.05, 0.1) is 13.2 Å². The van der Waals surface area contributed by atoms with Gasteiger partial charge < -0.3 is 19.9 Å². The Balaban J connectivity index is 4.50. The number of hydrogen-bond donors (Lipinski definition) is 1. The first kappa shape index (κ1) is 14.9. The minimum Gasteiger partial charge on any atom is -0.465 e. The highest BCUT2D eigenvalue weighted by Gasteiger charge is 2.33. The second-order valence-corrected chi connectivity index (χ2v) is 2.91. The van der Waals surface area contributed by atoms with Crippen LogP contribution in [-0.2, 0) is 23.8 Å². The molecule has 0 rings (SSSR count). The molecule has 0 saturated carbocycles. The van der Waals surface area contributed by atoms with Gasteiger partial charge >= 0.3 is 11.9 Å². The zero-order valence-electron chi connectivity index (χ0n) is 9.89. The monoisotopic (exact) mass is 233 g/mol. The molecule has 0 aromatic carbocycles. The number of carbonyl (C=O) groups excluding carboxylic acids is 2. The Morgan fingerprint density at radius 1 is 1.00 bits per heavy atom. The molecule has 0 fully saturated rings. The van der Waals surface area contributed by atoms with Crippen LogP contribution < -0.4 is 5.73 Å². The SMILES string of the molecule is CCOC(=O)[C@@H](N)[C@H](OCC)C(=O)OCC. The van der Waals surface area contributed by atoms with E-state index in [1.165, 1.54) is 0 Å². The summed E-state index contributed by atoms with van der Waals surface area (Å²) < 4.78 is 14.5. The minimum absolute atomic E-state index is 0.203. The molecule has 6 nitrogen and oxygen atoms in total. The lowest BCUT2D eigenvalue weighted by atomic mass is 10.2. The van der Waals surface area contributed by atoms with Gasteiger partial charge in [-0.3, -0.25) is 4.79 Å². The molecule has 0 aromatic heterocycles. The third-order valence-corrected chi connectivity index (χ3v) is 1.75. The van der Waals surface area contributed by atoms with Crippen molar-refractivity contribution in [1.29, 1.82) is 0 Å². The molecule has 0 unspecified atom stereocenters. The molecular formula is C10H19NO5. The zero-order chi connectivity index (χ0) is 12.6. The quantitative estimate of drug-likeness (QED) is 0.615. The fraction of sp³-hybridized carbons (Fsp3) is 0.800. The van der Waals surface area contributed by atoms with Gasteiger partial charge in [0, 0.05) is 6.61 Å². The normalized spacial score (nSPS) is 14.0. The van der Waals surface area contributed by atoms with E-state index in [1.54, 1.807) is 20.8 Å². The fourth-order valence-electron chi connectivity index (χ4n) is 1.08. The summed E-state index contributed by atoms with van der Waals surface area (Å²) in [5.41, 5.74) is 5.56. The Bertz CT molecular complexity index is 231. The first-order valence-corrected chi connectivity index (χ1v) is 5.28. The van der Waals surface area contributed by atoms with Crippen molar-refractivity contribution in [2.75, 3.05) is 19.8 Å². The van der Waals surface area contributed by atoms with Crippen LogP contribution in [0.2, 0.25) is 0 Å². The molecule has 0 spiro atoms. The summed E-state index contributed by atoms with van der Waals surface area (Å²) in [5, 5.41) is 0. The smallest absolute Gasteiger partial charge is 0.337 e. The molecule has 0 aliphatic heterocycles. The van der Waals surface area contributed by atoms with Gasteiger partial charge in [-0.05, 0) is 20.8 Å². The largest absolute Gasteiger partial charge is 0.465 e. The van der Waals surface area contributed by atoms with Gasteiger partial charge in [-0.1, -0.05) is 0 Å². The van der Waals surface area contributed by atoms with Crippen LogP contribution in [0.3, 0.4) is 0 Å². The fourth-order valence-corrected chi connectivity index (χ4v) is 1.08. The van der Waals surface area contributed by atoms with Crippen LogP contribution in [0.25, 0.3) is 0 Å². The van der Waals surface area contributed by atoms with Gasteiger partial charge in [0.25, 0.3) is 0 Å². The van der Waals surface area contributed by atoms with Crippen molar-refractivity contribution in [2.45, 2.75) is 32.9 Å². The Morgan fingerprint density at radius 3 is 1.94 bits per heavy atom. The van der Waals surface area contributed by atoms with Gasteiger partial charge in [-0.15, -0.1) is 0 Å². The zero-order valence-corrected chi connectivity index (χ0v) is 9.89. The minimum atomic E-state index is -1.15. The van der Waals surface area contributed by atoms with E-state index in [1.807, 2.05) is 0 Å². The van der Waals surface area contributed by atoms with E-state index in [0.29, 0.717) is 0 Å². The number of rotatable bonds is 7. The van der Waals surface area contributed by atoms with Crippen LogP contribution in [0.4, 0.5) is 0 Å². The molecular weight excluding hydrogens is 214 g/mol. The van der Waals surface area contributed by atoms with Crippen molar-refractivity contribution >= 4 is 11.9 Å². The molecule has 0 heterocycles. The molecule has 0 aliphatic rings. The average molecular weight is 233 g/mol. The van der Waals surface area contributed by atoms with Gasteiger partial charge in [0.15, 0.2) is 6.10 Å².